The van der Waals surface area contributed by atoms with Crippen LogP contribution in [0.4, 0.5) is 8.78 Å². The maximum Gasteiger partial charge on any atom is 0.273 e. The molecule has 7 heteroatoms. The molecule has 1 aromatic heterocycles. The minimum Gasteiger partial charge on any atom is -0.369 e. The third kappa shape index (κ3) is 3.39. The van der Waals surface area contributed by atoms with Crippen LogP contribution < -0.4 is 0 Å². The lowest BCUT2D eigenvalue weighted by atomic mass is 10.1. The van der Waals surface area contributed by atoms with Gasteiger partial charge < -0.3 is 9.64 Å². The van der Waals surface area contributed by atoms with Crippen LogP contribution >= 0.6 is 0 Å². The molecule has 0 unspecified atom stereocenters. The van der Waals surface area contributed by atoms with Crippen molar-refractivity contribution in [1.82, 2.24) is 14.7 Å². The number of likely N-dealkylation sites (tertiary alicyclic amines) is 1. The molecule has 0 saturated carbocycles. The molecule has 5 nitrogen and oxygen atoms in total. The Bertz CT molecular complexity index is 851. The number of halogens is 2. The number of carbonyl (C=O) groups excluding carboxylic acids is 1. The number of fused-ring (bicyclic) bond motifs is 1. The zero-order valence-corrected chi connectivity index (χ0v) is 14.9. The summed E-state index contributed by atoms with van der Waals surface area (Å²) in [6, 6.07) is 6.84. The molecule has 1 fully saturated rings. The van der Waals surface area contributed by atoms with Crippen molar-refractivity contribution in [3.05, 3.63) is 66.0 Å². The van der Waals surface area contributed by atoms with Crippen molar-refractivity contribution in [3.8, 4) is 0 Å². The Balaban J connectivity index is 1.49. The molecular formula is C20H21F2N3O2. The number of alkyl halides is 2. The lowest BCUT2D eigenvalue weighted by Gasteiger charge is -2.19. The van der Waals surface area contributed by atoms with Gasteiger partial charge in [0.2, 0.25) is 5.91 Å². The fraction of sp³-hybridized carbons (Fsp3) is 0.400. The average molecular weight is 373 g/mol. The van der Waals surface area contributed by atoms with Crippen molar-refractivity contribution in [1.29, 1.82) is 0 Å². The van der Waals surface area contributed by atoms with E-state index in [2.05, 4.69) is 11.7 Å². The van der Waals surface area contributed by atoms with E-state index in [0.29, 0.717) is 30.6 Å². The molecule has 142 valence electrons. The van der Waals surface area contributed by atoms with E-state index in [1.54, 1.807) is 27.9 Å². The number of rotatable bonds is 5. The highest BCUT2D eigenvalue weighted by Crippen LogP contribution is 2.42. The quantitative estimate of drug-likeness (QED) is 0.757. The van der Waals surface area contributed by atoms with Gasteiger partial charge in [-0.25, -0.2) is 8.78 Å². The zero-order valence-electron chi connectivity index (χ0n) is 14.9. The van der Waals surface area contributed by atoms with E-state index < -0.39 is 5.92 Å². The molecule has 0 radical (unpaired) electrons. The average Bonchev–Trinajstić information content (AvgIpc) is 3.38. The van der Waals surface area contributed by atoms with E-state index in [9.17, 15) is 13.6 Å². The van der Waals surface area contributed by atoms with Gasteiger partial charge in [0, 0.05) is 37.5 Å². The number of ether oxygens (including phenoxy) is 1. The van der Waals surface area contributed by atoms with Gasteiger partial charge in [-0.2, -0.15) is 5.10 Å². The third-order valence-corrected chi connectivity index (χ3v) is 5.33. The number of aryl methyl sites for hydroxylation is 1. The van der Waals surface area contributed by atoms with Crippen molar-refractivity contribution in [2.45, 2.75) is 37.5 Å². The Kier molecular flexibility index (Phi) is 4.55. The molecule has 2 heterocycles. The molecule has 1 amide bonds. The summed E-state index contributed by atoms with van der Waals surface area (Å²) < 4.78 is 35.8. The van der Waals surface area contributed by atoms with Gasteiger partial charge in [0.1, 0.15) is 0 Å². The molecule has 2 atom stereocenters. The molecule has 1 aliphatic heterocycles. The molecular weight excluding hydrogens is 352 g/mol. The second-order valence-electron chi connectivity index (χ2n) is 7.05. The summed E-state index contributed by atoms with van der Waals surface area (Å²) in [6.07, 6.45) is 4.80. The summed E-state index contributed by atoms with van der Waals surface area (Å²) in [5.41, 5.74) is 1.53. The maximum atomic E-state index is 14.0. The number of benzene rings is 1. The maximum absolute atomic E-state index is 14.0. The molecule has 1 aromatic carbocycles. The Morgan fingerprint density at radius 3 is 3.00 bits per heavy atom. The molecule has 0 bridgehead atoms. The van der Waals surface area contributed by atoms with Crippen LogP contribution in [-0.4, -0.2) is 39.8 Å². The predicted octanol–water partition coefficient (Wildman–Crippen LogP) is 3.08. The Morgan fingerprint density at radius 2 is 2.26 bits per heavy atom. The minimum atomic E-state index is -2.76. The summed E-state index contributed by atoms with van der Waals surface area (Å²) >= 11 is 0. The van der Waals surface area contributed by atoms with Gasteiger partial charge in [-0.1, -0.05) is 18.7 Å². The van der Waals surface area contributed by atoms with E-state index >= 15 is 0 Å². The lowest BCUT2D eigenvalue weighted by molar-refractivity contribution is -0.125. The van der Waals surface area contributed by atoms with Gasteiger partial charge in [0.15, 0.2) is 0 Å². The molecule has 0 spiro atoms. The highest BCUT2D eigenvalue weighted by atomic mass is 19.3. The first-order valence-corrected chi connectivity index (χ1v) is 9.00. The molecule has 1 saturated heterocycles. The topological polar surface area (TPSA) is 47.4 Å². The highest BCUT2D eigenvalue weighted by molar-refractivity contribution is 5.87. The van der Waals surface area contributed by atoms with Gasteiger partial charge in [-0.3, -0.25) is 9.48 Å². The van der Waals surface area contributed by atoms with E-state index in [1.165, 1.54) is 6.08 Å². The van der Waals surface area contributed by atoms with Crippen LogP contribution in [0, 0.1) is 0 Å². The van der Waals surface area contributed by atoms with E-state index in [0.717, 1.165) is 0 Å². The standard InChI is InChI=1S/C20H21F2N3O2/c1-2-19(26)24-11-17(25-9-3-8-23-25)18(12-24)27-13-14-4-5-15-6-7-20(21,22)16(15)10-14/h2-5,8-10,17-18H,1,6-7,11-13H2/t17-,18-/m1/s1. The summed E-state index contributed by atoms with van der Waals surface area (Å²) in [6.45, 7) is 4.63. The molecule has 0 N–H and O–H groups in total. The van der Waals surface area contributed by atoms with Gasteiger partial charge in [-0.15, -0.1) is 0 Å². The van der Waals surface area contributed by atoms with E-state index in [1.807, 2.05) is 18.3 Å². The number of aromatic nitrogens is 2. The fourth-order valence-corrected chi connectivity index (χ4v) is 3.86. The van der Waals surface area contributed by atoms with Gasteiger partial charge in [-0.05, 0) is 35.8 Å². The lowest BCUT2D eigenvalue weighted by Crippen LogP contribution is -2.28. The summed E-state index contributed by atoms with van der Waals surface area (Å²) in [5, 5.41) is 4.26. The normalized spacial score (nSPS) is 23.4. The second-order valence-corrected chi connectivity index (χ2v) is 7.05. The Morgan fingerprint density at radius 1 is 1.41 bits per heavy atom. The minimum absolute atomic E-state index is 0.113. The highest BCUT2D eigenvalue weighted by Gasteiger charge is 2.39. The van der Waals surface area contributed by atoms with Gasteiger partial charge >= 0.3 is 0 Å². The Labute approximate surface area is 156 Å². The number of amides is 1. The Hall–Kier alpha value is -2.54. The van der Waals surface area contributed by atoms with E-state index in [-0.39, 0.29) is 36.6 Å². The van der Waals surface area contributed by atoms with Crippen LogP contribution in [0.3, 0.4) is 0 Å². The van der Waals surface area contributed by atoms with Crippen molar-refractivity contribution in [2.24, 2.45) is 0 Å². The zero-order chi connectivity index (χ0) is 19.0. The second kappa shape index (κ2) is 6.88. The molecule has 2 aliphatic rings. The van der Waals surface area contributed by atoms with Crippen LogP contribution in [-0.2, 0) is 28.5 Å². The van der Waals surface area contributed by atoms with E-state index in [4.69, 9.17) is 4.74 Å². The van der Waals surface area contributed by atoms with Gasteiger partial charge in [0.25, 0.3) is 5.92 Å². The van der Waals surface area contributed by atoms with Crippen molar-refractivity contribution in [3.63, 3.8) is 0 Å². The smallest absolute Gasteiger partial charge is 0.273 e. The van der Waals surface area contributed by atoms with Crippen LogP contribution in [0.5, 0.6) is 0 Å². The number of carbonyl (C=O) groups is 1. The fourth-order valence-electron chi connectivity index (χ4n) is 3.86. The number of hydrogen-bond acceptors (Lipinski definition) is 3. The SMILES string of the molecule is C=CC(=O)N1C[C@@H](n2cccn2)[C@H](OCc2ccc3c(c2)C(F)(F)CC3)C1. The summed E-state index contributed by atoms with van der Waals surface area (Å²) in [4.78, 5) is 13.7. The first-order valence-electron chi connectivity index (χ1n) is 9.00. The largest absolute Gasteiger partial charge is 0.369 e. The molecule has 2 aromatic rings. The van der Waals surface area contributed by atoms with Crippen molar-refractivity contribution < 1.29 is 18.3 Å². The molecule has 27 heavy (non-hydrogen) atoms. The monoisotopic (exact) mass is 373 g/mol. The van der Waals surface area contributed by atoms with Crippen molar-refractivity contribution >= 4 is 5.91 Å². The first kappa shape index (κ1) is 17.9. The number of hydrogen-bond donors (Lipinski definition) is 0. The number of nitrogens with zero attached hydrogens (tertiary/aromatic N) is 3. The molecule has 1 aliphatic carbocycles. The van der Waals surface area contributed by atoms with Crippen LogP contribution in [0.15, 0.2) is 49.3 Å². The van der Waals surface area contributed by atoms with Crippen LogP contribution in [0.1, 0.15) is 29.2 Å². The first-order chi connectivity index (χ1) is 13.0. The summed E-state index contributed by atoms with van der Waals surface area (Å²) in [5.74, 6) is -2.92. The summed E-state index contributed by atoms with van der Waals surface area (Å²) in [7, 11) is 0. The van der Waals surface area contributed by atoms with Crippen molar-refractivity contribution in [2.75, 3.05) is 13.1 Å². The van der Waals surface area contributed by atoms with Crippen LogP contribution in [0.25, 0.3) is 0 Å². The van der Waals surface area contributed by atoms with Gasteiger partial charge in [0.05, 0.1) is 18.8 Å². The third-order valence-electron chi connectivity index (χ3n) is 5.33. The van der Waals surface area contributed by atoms with Crippen LogP contribution in [0.2, 0.25) is 0 Å². The molecule has 4 rings (SSSR count). The predicted molar refractivity (Wildman–Crippen MR) is 95.3 cm³/mol.